The van der Waals surface area contributed by atoms with Crippen LogP contribution in [0.4, 0.5) is 11.4 Å². The second-order valence-corrected chi connectivity index (χ2v) is 3.38. The molecule has 0 N–H and O–H groups in total. The van der Waals surface area contributed by atoms with Gasteiger partial charge in [-0.25, -0.2) is 5.06 Å². The fourth-order valence-electron chi connectivity index (χ4n) is 1.55. The molecule has 0 saturated carbocycles. The third kappa shape index (κ3) is 2.41. The van der Waals surface area contributed by atoms with E-state index in [1.54, 1.807) is 0 Å². The first-order chi connectivity index (χ1) is 7.92. The van der Waals surface area contributed by atoms with Crippen molar-refractivity contribution in [1.29, 1.82) is 0 Å². The maximum Gasteiger partial charge on any atom is 0.0725 e. The number of rotatable bonds is 4. The first-order valence-corrected chi connectivity index (χ1v) is 5.45. The van der Waals surface area contributed by atoms with Crippen LogP contribution in [-0.2, 0) is 4.84 Å². The Morgan fingerprint density at radius 1 is 0.812 bits per heavy atom. The van der Waals surface area contributed by atoms with Crippen molar-refractivity contribution >= 4 is 11.4 Å². The molecule has 2 aromatic carbocycles. The highest BCUT2D eigenvalue weighted by molar-refractivity contribution is 5.59. The number of nitrogens with zero attached hydrogens (tertiary/aromatic N) is 1. The SMILES string of the molecule is CCON(c1ccccc1)c1ccccc1. The Morgan fingerprint density at radius 2 is 1.25 bits per heavy atom. The van der Waals surface area contributed by atoms with Gasteiger partial charge >= 0.3 is 0 Å². The molecule has 0 aromatic heterocycles. The quantitative estimate of drug-likeness (QED) is 0.717. The molecule has 2 aromatic rings. The normalized spacial score (nSPS) is 10.1. The first-order valence-electron chi connectivity index (χ1n) is 5.45. The molecule has 0 aliphatic carbocycles. The lowest BCUT2D eigenvalue weighted by atomic mass is 10.2. The van der Waals surface area contributed by atoms with Gasteiger partial charge < -0.3 is 0 Å². The molecule has 0 aliphatic heterocycles. The minimum atomic E-state index is 0.643. The monoisotopic (exact) mass is 213 g/mol. The molecular formula is C14H15NO. The summed E-state index contributed by atoms with van der Waals surface area (Å²) in [5.41, 5.74) is 2.08. The molecule has 2 nitrogen and oxygen atoms in total. The number of benzene rings is 2. The molecular weight excluding hydrogens is 198 g/mol. The second kappa shape index (κ2) is 5.33. The van der Waals surface area contributed by atoms with E-state index < -0.39 is 0 Å². The summed E-state index contributed by atoms with van der Waals surface area (Å²) in [6.45, 7) is 2.63. The summed E-state index contributed by atoms with van der Waals surface area (Å²) in [4.78, 5) is 5.65. The topological polar surface area (TPSA) is 12.5 Å². The van der Waals surface area contributed by atoms with Crippen LogP contribution < -0.4 is 5.06 Å². The van der Waals surface area contributed by atoms with E-state index in [2.05, 4.69) is 0 Å². The summed E-state index contributed by atoms with van der Waals surface area (Å²) in [6, 6.07) is 20.1. The van der Waals surface area contributed by atoms with Crippen molar-refractivity contribution in [2.75, 3.05) is 11.7 Å². The van der Waals surface area contributed by atoms with Crippen LogP contribution in [0.1, 0.15) is 6.92 Å². The van der Waals surface area contributed by atoms with E-state index in [-0.39, 0.29) is 0 Å². The fourth-order valence-corrected chi connectivity index (χ4v) is 1.55. The minimum Gasteiger partial charge on any atom is -0.269 e. The third-order valence-electron chi connectivity index (χ3n) is 2.24. The van der Waals surface area contributed by atoms with Crippen molar-refractivity contribution in [3.05, 3.63) is 60.7 Å². The number of hydrogen-bond donors (Lipinski definition) is 0. The van der Waals surface area contributed by atoms with Gasteiger partial charge in [-0.2, -0.15) is 0 Å². The highest BCUT2D eigenvalue weighted by Gasteiger charge is 2.07. The van der Waals surface area contributed by atoms with E-state index >= 15 is 0 Å². The molecule has 82 valence electrons. The highest BCUT2D eigenvalue weighted by Crippen LogP contribution is 2.24. The zero-order valence-corrected chi connectivity index (χ0v) is 9.34. The van der Waals surface area contributed by atoms with Crippen molar-refractivity contribution in [1.82, 2.24) is 0 Å². The largest absolute Gasteiger partial charge is 0.269 e. The van der Waals surface area contributed by atoms with Crippen molar-refractivity contribution < 1.29 is 4.84 Å². The molecule has 0 spiro atoms. The summed E-state index contributed by atoms with van der Waals surface area (Å²) in [5, 5.41) is 1.85. The van der Waals surface area contributed by atoms with E-state index in [4.69, 9.17) is 4.84 Å². The van der Waals surface area contributed by atoms with Gasteiger partial charge in [0.15, 0.2) is 0 Å². The van der Waals surface area contributed by atoms with Gasteiger partial charge in [-0.15, -0.1) is 0 Å². The summed E-state index contributed by atoms with van der Waals surface area (Å²) < 4.78 is 0. The van der Waals surface area contributed by atoms with Crippen molar-refractivity contribution in [2.45, 2.75) is 6.92 Å². The summed E-state index contributed by atoms with van der Waals surface area (Å²) in [5.74, 6) is 0. The zero-order valence-electron chi connectivity index (χ0n) is 9.34. The van der Waals surface area contributed by atoms with E-state index in [9.17, 15) is 0 Å². The van der Waals surface area contributed by atoms with Crippen LogP contribution in [0, 0.1) is 0 Å². The van der Waals surface area contributed by atoms with Gasteiger partial charge in [-0.05, 0) is 31.2 Å². The molecule has 0 amide bonds. The van der Waals surface area contributed by atoms with Gasteiger partial charge in [0.1, 0.15) is 0 Å². The second-order valence-electron chi connectivity index (χ2n) is 3.38. The molecule has 0 radical (unpaired) electrons. The predicted molar refractivity (Wildman–Crippen MR) is 66.6 cm³/mol. The van der Waals surface area contributed by atoms with Gasteiger partial charge in [0.05, 0.1) is 18.0 Å². The minimum absolute atomic E-state index is 0.643. The first kappa shape index (κ1) is 10.7. The van der Waals surface area contributed by atoms with E-state index in [0.29, 0.717) is 6.61 Å². The average molecular weight is 213 g/mol. The Kier molecular flexibility index (Phi) is 3.57. The molecule has 0 aliphatic rings. The fraction of sp³-hybridized carbons (Fsp3) is 0.143. The summed E-state index contributed by atoms with van der Waals surface area (Å²) in [7, 11) is 0. The maximum absolute atomic E-state index is 5.65. The molecule has 0 unspecified atom stereocenters. The van der Waals surface area contributed by atoms with Crippen LogP contribution in [0.3, 0.4) is 0 Å². The van der Waals surface area contributed by atoms with E-state index in [0.717, 1.165) is 11.4 Å². The Balaban J connectivity index is 2.31. The van der Waals surface area contributed by atoms with Gasteiger partial charge in [-0.1, -0.05) is 36.4 Å². The lowest BCUT2D eigenvalue weighted by molar-refractivity contribution is 0.149. The molecule has 0 fully saturated rings. The van der Waals surface area contributed by atoms with Gasteiger partial charge in [0.25, 0.3) is 0 Å². The Morgan fingerprint density at radius 3 is 1.62 bits per heavy atom. The molecule has 2 heteroatoms. The number of hydrogen-bond acceptors (Lipinski definition) is 2. The Labute approximate surface area is 96.0 Å². The summed E-state index contributed by atoms with van der Waals surface area (Å²) >= 11 is 0. The highest BCUT2D eigenvalue weighted by atomic mass is 16.7. The van der Waals surface area contributed by atoms with Crippen LogP contribution in [-0.4, -0.2) is 6.61 Å². The van der Waals surface area contributed by atoms with E-state index in [1.807, 2.05) is 72.7 Å². The Bertz CT molecular complexity index is 374. The van der Waals surface area contributed by atoms with Gasteiger partial charge in [0.2, 0.25) is 0 Å². The van der Waals surface area contributed by atoms with Crippen molar-refractivity contribution in [2.24, 2.45) is 0 Å². The standard InChI is InChI=1S/C14H15NO/c1-2-16-15(13-9-5-3-6-10-13)14-11-7-4-8-12-14/h3-12H,2H2,1H3. The van der Waals surface area contributed by atoms with Gasteiger partial charge in [0, 0.05) is 0 Å². The Hall–Kier alpha value is -1.80. The van der Waals surface area contributed by atoms with Gasteiger partial charge in [-0.3, -0.25) is 4.84 Å². The van der Waals surface area contributed by atoms with Crippen LogP contribution in [0.2, 0.25) is 0 Å². The predicted octanol–water partition coefficient (Wildman–Crippen LogP) is 3.78. The molecule has 0 atom stereocenters. The molecule has 0 saturated heterocycles. The van der Waals surface area contributed by atoms with Crippen LogP contribution in [0.5, 0.6) is 0 Å². The lowest BCUT2D eigenvalue weighted by Crippen LogP contribution is -2.17. The smallest absolute Gasteiger partial charge is 0.0725 e. The van der Waals surface area contributed by atoms with Crippen LogP contribution >= 0.6 is 0 Å². The molecule has 0 bridgehead atoms. The molecule has 0 heterocycles. The van der Waals surface area contributed by atoms with E-state index in [1.165, 1.54) is 0 Å². The molecule has 2 rings (SSSR count). The number of para-hydroxylation sites is 2. The number of anilines is 2. The average Bonchev–Trinajstić information content (AvgIpc) is 2.38. The zero-order chi connectivity index (χ0) is 11.2. The van der Waals surface area contributed by atoms with Crippen molar-refractivity contribution in [3.8, 4) is 0 Å². The van der Waals surface area contributed by atoms with Crippen LogP contribution in [0.25, 0.3) is 0 Å². The third-order valence-corrected chi connectivity index (χ3v) is 2.24. The van der Waals surface area contributed by atoms with Crippen LogP contribution in [0.15, 0.2) is 60.7 Å². The summed E-state index contributed by atoms with van der Waals surface area (Å²) in [6.07, 6.45) is 0. The maximum atomic E-state index is 5.65. The molecule has 16 heavy (non-hydrogen) atoms. The van der Waals surface area contributed by atoms with Crippen molar-refractivity contribution in [3.63, 3.8) is 0 Å². The lowest BCUT2D eigenvalue weighted by Gasteiger charge is -2.23.